The van der Waals surface area contributed by atoms with Gasteiger partial charge in [0.05, 0.1) is 14.2 Å². The number of hydrogen-bond donors (Lipinski definition) is 3. The molecule has 0 aliphatic carbocycles. The lowest BCUT2D eigenvalue weighted by Crippen LogP contribution is -2.37. The molecule has 6 nitrogen and oxygen atoms in total. The first-order valence-corrected chi connectivity index (χ1v) is 8.10. The van der Waals surface area contributed by atoms with Crippen molar-refractivity contribution in [3.63, 3.8) is 0 Å². The quantitative estimate of drug-likeness (QED) is 0.329. The Hall–Kier alpha value is -2.16. The Morgan fingerprint density at radius 2 is 1.62 bits per heavy atom. The number of guanidine groups is 1. The molecule has 0 aromatic heterocycles. The van der Waals surface area contributed by atoms with Crippen LogP contribution in [0, 0.1) is 0 Å². The Balaban J connectivity index is 0.00000338. The molecule has 2 aromatic rings. The Morgan fingerprint density at radius 1 is 1.00 bits per heavy atom. The molecule has 0 atom stereocenters. The molecular weight excluding hydrogens is 445 g/mol. The minimum Gasteiger partial charge on any atom is -0.502 e. The van der Waals surface area contributed by atoms with Crippen molar-refractivity contribution in [3.8, 4) is 17.2 Å². The number of phenols is 1. The minimum absolute atomic E-state index is 0. The second-order valence-electron chi connectivity index (χ2n) is 5.44. The lowest BCUT2D eigenvalue weighted by molar-refractivity contribution is 0.339. The van der Waals surface area contributed by atoms with Gasteiger partial charge in [-0.3, -0.25) is 4.99 Å². The Kier molecular flexibility index (Phi) is 9.64. The standard InChI is InChI=1S/C19H25N3O3.HI/c1-20-19(21-10-9-14-7-5-4-6-8-14)22-13-15-11-16(24-2)18(23)17(12-15)25-3;/h4-8,11-12,23H,9-10,13H2,1-3H3,(H2,20,21,22);1H. The summed E-state index contributed by atoms with van der Waals surface area (Å²) in [5, 5.41) is 16.5. The molecule has 0 saturated carbocycles. The van der Waals surface area contributed by atoms with E-state index in [1.165, 1.54) is 19.8 Å². The van der Waals surface area contributed by atoms with Crippen LogP contribution in [0.25, 0.3) is 0 Å². The molecule has 0 fully saturated rings. The lowest BCUT2D eigenvalue weighted by Gasteiger charge is -2.14. The van der Waals surface area contributed by atoms with E-state index in [2.05, 4.69) is 27.8 Å². The van der Waals surface area contributed by atoms with Crippen molar-refractivity contribution in [2.75, 3.05) is 27.8 Å². The third-order valence-electron chi connectivity index (χ3n) is 3.77. The number of methoxy groups -OCH3 is 2. The van der Waals surface area contributed by atoms with Crippen LogP contribution in [0.5, 0.6) is 17.2 Å². The highest BCUT2D eigenvalue weighted by atomic mass is 127. The first-order chi connectivity index (χ1) is 12.2. The largest absolute Gasteiger partial charge is 0.502 e. The summed E-state index contributed by atoms with van der Waals surface area (Å²) in [5.41, 5.74) is 2.19. The van der Waals surface area contributed by atoms with Gasteiger partial charge >= 0.3 is 0 Å². The van der Waals surface area contributed by atoms with E-state index in [1.807, 2.05) is 18.2 Å². The summed E-state index contributed by atoms with van der Waals surface area (Å²) in [6.07, 6.45) is 0.919. The summed E-state index contributed by atoms with van der Waals surface area (Å²) in [7, 11) is 4.75. The fourth-order valence-corrected chi connectivity index (χ4v) is 2.43. The maximum absolute atomic E-state index is 9.95. The molecule has 142 valence electrons. The fourth-order valence-electron chi connectivity index (χ4n) is 2.43. The average Bonchev–Trinajstić information content (AvgIpc) is 2.66. The number of ether oxygens (including phenoxy) is 2. The fraction of sp³-hybridized carbons (Fsp3) is 0.316. The van der Waals surface area contributed by atoms with Crippen molar-refractivity contribution in [1.82, 2.24) is 10.6 Å². The number of benzene rings is 2. The van der Waals surface area contributed by atoms with Gasteiger partial charge in [-0.15, -0.1) is 24.0 Å². The summed E-state index contributed by atoms with van der Waals surface area (Å²) < 4.78 is 10.3. The van der Waals surface area contributed by atoms with Crippen LogP contribution in [0.1, 0.15) is 11.1 Å². The van der Waals surface area contributed by atoms with Crippen molar-refractivity contribution in [3.05, 3.63) is 53.6 Å². The van der Waals surface area contributed by atoms with Crippen molar-refractivity contribution in [2.45, 2.75) is 13.0 Å². The SMILES string of the molecule is CN=C(NCCc1ccccc1)NCc1cc(OC)c(O)c(OC)c1.I. The van der Waals surface area contributed by atoms with E-state index in [9.17, 15) is 5.11 Å². The van der Waals surface area contributed by atoms with Crippen molar-refractivity contribution in [1.29, 1.82) is 0 Å². The molecule has 26 heavy (non-hydrogen) atoms. The van der Waals surface area contributed by atoms with Gasteiger partial charge < -0.3 is 25.2 Å². The maximum Gasteiger partial charge on any atom is 0.200 e. The van der Waals surface area contributed by atoms with Gasteiger partial charge in [0.2, 0.25) is 5.75 Å². The van der Waals surface area contributed by atoms with Gasteiger partial charge in [0, 0.05) is 20.1 Å². The van der Waals surface area contributed by atoms with Crippen LogP contribution in [0.15, 0.2) is 47.5 Å². The Bertz CT molecular complexity index is 683. The van der Waals surface area contributed by atoms with E-state index >= 15 is 0 Å². The first kappa shape index (κ1) is 21.9. The molecule has 0 aliphatic rings. The van der Waals surface area contributed by atoms with Gasteiger partial charge in [-0.1, -0.05) is 30.3 Å². The van der Waals surface area contributed by atoms with Crippen molar-refractivity contribution < 1.29 is 14.6 Å². The van der Waals surface area contributed by atoms with Crippen molar-refractivity contribution in [2.24, 2.45) is 4.99 Å². The van der Waals surface area contributed by atoms with E-state index in [-0.39, 0.29) is 29.7 Å². The lowest BCUT2D eigenvalue weighted by atomic mass is 10.1. The zero-order chi connectivity index (χ0) is 18.1. The van der Waals surface area contributed by atoms with E-state index in [0.717, 1.165) is 18.5 Å². The number of halogens is 1. The molecule has 0 bridgehead atoms. The van der Waals surface area contributed by atoms with Crippen LogP contribution >= 0.6 is 24.0 Å². The van der Waals surface area contributed by atoms with Crippen LogP contribution < -0.4 is 20.1 Å². The molecule has 0 heterocycles. The van der Waals surface area contributed by atoms with Gasteiger partial charge in [0.1, 0.15) is 0 Å². The summed E-state index contributed by atoms with van der Waals surface area (Å²) in [5.74, 6) is 1.47. The first-order valence-electron chi connectivity index (χ1n) is 8.10. The molecule has 0 spiro atoms. The molecule has 0 aliphatic heterocycles. The number of aromatic hydroxyl groups is 1. The number of rotatable bonds is 7. The minimum atomic E-state index is -0.000816. The van der Waals surface area contributed by atoms with Crippen LogP contribution in [0.2, 0.25) is 0 Å². The summed E-state index contributed by atoms with van der Waals surface area (Å²) in [6, 6.07) is 13.8. The van der Waals surface area contributed by atoms with E-state index in [1.54, 1.807) is 19.2 Å². The van der Waals surface area contributed by atoms with E-state index < -0.39 is 0 Å². The third kappa shape index (κ3) is 6.29. The van der Waals surface area contributed by atoms with E-state index in [4.69, 9.17) is 9.47 Å². The zero-order valence-electron chi connectivity index (χ0n) is 15.3. The van der Waals surface area contributed by atoms with Gasteiger partial charge in [-0.05, 0) is 29.7 Å². The molecule has 7 heteroatoms. The highest BCUT2D eigenvalue weighted by Crippen LogP contribution is 2.36. The smallest absolute Gasteiger partial charge is 0.200 e. The number of hydrogen-bond acceptors (Lipinski definition) is 4. The average molecular weight is 471 g/mol. The summed E-state index contributed by atoms with van der Waals surface area (Å²) in [4.78, 5) is 4.22. The molecule has 0 radical (unpaired) electrons. The van der Waals surface area contributed by atoms with Crippen molar-refractivity contribution >= 4 is 29.9 Å². The number of nitrogens with zero attached hydrogens (tertiary/aromatic N) is 1. The van der Waals surface area contributed by atoms with Crippen LogP contribution in [0.4, 0.5) is 0 Å². The van der Waals surface area contributed by atoms with Crippen LogP contribution in [0.3, 0.4) is 0 Å². The highest BCUT2D eigenvalue weighted by molar-refractivity contribution is 14.0. The maximum atomic E-state index is 9.95. The second kappa shape index (κ2) is 11.5. The van der Waals surface area contributed by atoms with Gasteiger partial charge in [-0.25, -0.2) is 0 Å². The number of phenolic OH excluding ortho intramolecular Hbond substituents is 1. The predicted octanol–water partition coefficient (Wildman–Crippen LogP) is 2.94. The number of aliphatic imine (C=N–C) groups is 1. The molecule has 0 saturated heterocycles. The predicted molar refractivity (Wildman–Crippen MR) is 115 cm³/mol. The molecule has 2 aromatic carbocycles. The normalized spacial score (nSPS) is 10.7. The van der Waals surface area contributed by atoms with Gasteiger partial charge in [0.15, 0.2) is 17.5 Å². The molecule has 2 rings (SSSR count). The Labute approximate surface area is 171 Å². The van der Waals surface area contributed by atoms with E-state index in [0.29, 0.717) is 24.0 Å². The molecule has 3 N–H and O–H groups in total. The summed E-state index contributed by atoms with van der Waals surface area (Å²) >= 11 is 0. The van der Waals surface area contributed by atoms with Crippen LogP contribution in [-0.4, -0.2) is 38.9 Å². The number of nitrogens with one attached hydrogen (secondary N) is 2. The van der Waals surface area contributed by atoms with Gasteiger partial charge in [0.25, 0.3) is 0 Å². The second-order valence-corrected chi connectivity index (χ2v) is 5.44. The summed E-state index contributed by atoms with van der Waals surface area (Å²) in [6.45, 7) is 1.31. The monoisotopic (exact) mass is 471 g/mol. The molecule has 0 amide bonds. The highest BCUT2D eigenvalue weighted by Gasteiger charge is 2.11. The van der Waals surface area contributed by atoms with Gasteiger partial charge in [-0.2, -0.15) is 0 Å². The molecule has 0 unspecified atom stereocenters. The molecular formula is C19H26IN3O3. The van der Waals surface area contributed by atoms with Crippen LogP contribution in [-0.2, 0) is 13.0 Å². The zero-order valence-corrected chi connectivity index (χ0v) is 17.6. The third-order valence-corrected chi connectivity index (χ3v) is 3.77. The topological polar surface area (TPSA) is 75.1 Å². The Morgan fingerprint density at radius 3 is 2.15 bits per heavy atom.